The SMILES string of the molecule is CCOC(=O)c1c(NC(=O)c2cc3cc(Cl)ccc3o2)sc(C(C)=O)c1C. The number of anilines is 1. The predicted molar refractivity (Wildman–Crippen MR) is 104 cm³/mol. The summed E-state index contributed by atoms with van der Waals surface area (Å²) in [5.41, 5.74) is 1.18. The molecule has 27 heavy (non-hydrogen) atoms. The fourth-order valence-electron chi connectivity index (χ4n) is 2.68. The second-order valence-electron chi connectivity index (χ2n) is 5.78. The third-order valence-electron chi connectivity index (χ3n) is 3.88. The summed E-state index contributed by atoms with van der Waals surface area (Å²) in [5, 5.41) is 4.12. The molecule has 0 radical (unpaired) electrons. The van der Waals surface area contributed by atoms with Gasteiger partial charge in [-0.05, 0) is 50.6 Å². The van der Waals surface area contributed by atoms with Gasteiger partial charge in [0.1, 0.15) is 10.6 Å². The molecular weight excluding hydrogens is 390 g/mol. The highest BCUT2D eigenvalue weighted by Crippen LogP contribution is 2.34. The van der Waals surface area contributed by atoms with E-state index < -0.39 is 11.9 Å². The summed E-state index contributed by atoms with van der Waals surface area (Å²) in [5.74, 6) is -1.26. The maximum Gasteiger partial charge on any atom is 0.341 e. The standard InChI is InChI=1S/C19H16ClNO5S/c1-4-25-19(24)15-9(2)16(10(3)22)27-18(15)21-17(23)14-8-11-7-12(20)5-6-13(11)26-14/h5-8H,4H2,1-3H3,(H,21,23). The highest BCUT2D eigenvalue weighted by molar-refractivity contribution is 7.18. The lowest BCUT2D eigenvalue weighted by molar-refractivity contribution is 0.0527. The van der Waals surface area contributed by atoms with Crippen molar-refractivity contribution in [2.75, 3.05) is 11.9 Å². The molecule has 0 saturated heterocycles. The number of fused-ring (bicyclic) bond motifs is 1. The van der Waals surface area contributed by atoms with Crippen LogP contribution < -0.4 is 5.32 Å². The van der Waals surface area contributed by atoms with Gasteiger partial charge in [0.05, 0.1) is 17.0 Å². The number of ketones is 1. The zero-order valence-corrected chi connectivity index (χ0v) is 16.4. The third-order valence-corrected chi connectivity index (χ3v) is 5.42. The van der Waals surface area contributed by atoms with Gasteiger partial charge in [-0.2, -0.15) is 0 Å². The van der Waals surface area contributed by atoms with Crippen molar-refractivity contribution in [3.05, 3.63) is 51.1 Å². The molecule has 0 fully saturated rings. The average Bonchev–Trinajstić information content (AvgIpc) is 3.15. The number of nitrogens with one attached hydrogen (secondary N) is 1. The Morgan fingerprint density at radius 2 is 2.00 bits per heavy atom. The van der Waals surface area contributed by atoms with Crippen LogP contribution >= 0.6 is 22.9 Å². The second-order valence-corrected chi connectivity index (χ2v) is 7.24. The van der Waals surface area contributed by atoms with Gasteiger partial charge >= 0.3 is 5.97 Å². The summed E-state index contributed by atoms with van der Waals surface area (Å²) in [7, 11) is 0. The topological polar surface area (TPSA) is 85.6 Å². The van der Waals surface area contributed by atoms with Gasteiger partial charge in [0.2, 0.25) is 0 Å². The molecule has 0 spiro atoms. The number of hydrogen-bond acceptors (Lipinski definition) is 6. The van der Waals surface area contributed by atoms with E-state index in [1.54, 1.807) is 38.1 Å². The van der Waals surface area contributed by atoms with Crippen molar-refractivity contribution in [1.82, 2.24) is 0 Å². The van der Waals surface area contributed by atoms with Crippen LogP contribution in [-0.2, 0) is 4.74 Å². The van der Waals surface area contributed by atoms with Crippen molar-refractivity contribution >= 4 is 56.6 Å². The van der Waals surface area contributed by atoms with Crippen molar-refractivity contribution in [2.45, 2.75) is 20.8 Å². The number of furan rings is 1. The Morgan fingerprint density at radius 1 is 1.26 bits per heavy atom. The molecule has 3 rings (SSSR count). The third kappa shape index (κ3) is 3.74. The zero-order chi connectivity index (χ0) is 19.7. The molecule has 6 nitrogen and oxygen atoms in total. The number of carbonyl (C=O) groups excluding carboxylic acids is 3. The lowest BCUT2D eigenvalue weighted by atomic mass is 10.1. The first-order valence-corrected chi connectivity index (χ1v) is 9.33. The molecule has 3 aromatic rings. The van der Waals surface area contributed by atoms with Gasteiger partial charge in [-0.3, -0.25) is 9.59 Å². The maximum absolute atomic E-state index is 12.6. The summed E-state index contributed by atoms with van der Waals surface area (Å²) < 4.78 is 10.6. The number of rotatable bonds is 5. The average molecular weight is 406 g/mol. The van der Waals surface area contributed by atoms with Crippen LogP contribution in [0.5, 0.6) is 0 Å². The smallest absolute Gasteiger partial charge is 0.341 e. The van der Waals surface area contributed by atoms with Crippen LogP contribution in [0.25, 0.3) is 11.0 Å². The number of benzene rings is 1. The largest absolute Gasteiger partial charge is 0.462 e. The molecule has 2 heterocycles. The van der Waals surface area contributed by atoms with E-state index in [9.17, 15) is 14.4 Å². The van der Waals surface area contributed by atoms with E-state index in [1.807, 2.05) is 0 Å². The molecule has 1 aromatic carbocycles. The van der Waals surface area contributed by atoms with Crippen LogP contribution in [0.15, 0.2) is 28.7 Å². The van der Waals surface area contributed by atoms with E-state index in [4.69, 9.17) is 20.8 Å². The Morgan fingerprint density at radius 3 is 2.67 bits per heavy atom. The van der Waals surface area contributed by atoms with Crippen molar-refractivity contribution in [1.29, 1.82) is 0 Å². The summed E-state index contributed by atoms with van der Waals surface area (Å²) in [4.78, 5) is 37.2. The number of amides is 1. The molecule has 8 heteroatoms. The zero-order valence-electron chi connectivity index (χ0n) is 14.8. The number of halogens is 1. The highest BCUT2D eigenvalue weighted by Gasteiger charge is 2.26. The van der Waals surface area contributed by atoms with Gasteiger partial charge in [-0.15, -0.1) is 11.3 Å². The van der Waals surface area contributed by atoms with Crippen LogP contribution in [0.4, 0.5) is 5.00 Å². The van der Waals surface area contributed by atoms with E-state index in [2.05, 4.69) is 5.32 Å². The first kappa shape index (κ1) is 19.1. The Labute approximate surface area is 164 Å². The lowest BCUT2D eigenvalue weighted by Crippen LogP contribution is -2.14. The van der Waals surface area contributed by atoms with Gasteiger partial charge in [-0.25, -0.2) is 4.79 Å². The predicted octanol–water partition coefficient (Wildman–Crippen LogP) is 5.09. The summed E-state index contributed by atoms with van der Waals surface area (Å²) >= 11 is 6.98. The Kier molecular flexibility index (Phi) is 5.34. The molecule has 140 valence electrons. The first-order valence-electron chi connectivity index (χ1n) is 8.13. The minimum Gasteiger partial charge on any atom is -0.462 e. The Balaban J connectivity index is 1.97. The molecule has 0 aliphatic carbocycles. The summed E-state index contributed by atoms with van der Waals surface area (Å²) in [6, 6.07) is 6.58. The van der Waals surface area contributed by atoms with Crippen molar-refractivity contribution in [2.24, 2.45) is 0 Å². The van der Waals surface area contributed by atoms with Gasteiger partial charge in [0.15, 0.2) is 11.5 Å². The molecule has 0 saturated carbocycles. The molecule has 1 N–H and O–H groups in total. The molecule has 0 aliphatic rings. The van der Waals surface area contributed by atoms with E-state index in [1.165, 1.54) is 6.92 Å². The minimum absolute atomic E-state index is 0.0671. The van der Waals surface area contributed by atoms with Crippen molar-refractivity contribution < 1.29 is 23.5 Å². The minimum atomic E-state index is -0.592. The maximum atomic E-state index is 12.6. The number of ether oxygens (including phenoxy) is 1. The van der Waals surface area contributed by atoms with Gasteiger partial charge in [-0.1, -0.05) is 11.6 Å². The lowest BCUT2D eigenvalue weighted by Gasteiger charge is -2.06. The van der Waals surface area contributed by atoms with E-state index in [0.717, 1.165) is 11.3 Å². The van der Waals surface area contributed by atoms with Crippen LogP contribution in [-0.4, -0.2) is 24.3 Å². The van der Waals surface area contributed by atoms with E-state index in [0.29, 0.717) is 26.4 Å². The molecule has 0 bridgehead atoms. The van der Waals surface area contributed by atoms with Gasteiger partial charge in [0.25, 0.3) is 5.91 Å². The molecule has 0 atom stereocenters. The molecule has 0 unspecified atom stereocenters. The monoisotopic (exact) mass is 405 g/mol. The fourth-order valence-corrected chi connectivity index (χ4v) is 3.94. The van der Waals surface area contributed by atoms with Crippen LogP contribution in [0.2, 0.25) is 5.02 Å². The van der Waals surface area contributed by atoms with E-state index >= 15 is 0 Å². The summed E-state index contributed by atoms with van der Waals surface area (Å²) in [6.07, 6.45) is 0. The highest BCUT2D eigenvalue weighted by atomic mass is 35.5. The first-order chi connectivity index (χ1) is 12.8. The molecular formula is C19H16ClNO5S. The fraction of sp³-hybridized carbons (Fsp3) is 0.211. The van der Waals surface area contributed by atoms with Crippen molar-refractivity contribution in [3.8, 4) is 0 Å². The number of esters is 1. The van der Waals surface area contributed by atoms with Crippen LogP contribution in [0.3, 0.4) is 0 Å². The van der Waals surface area contributed by atoms with Crippen molar-refractivity contribution in [3.63, 3.8) is 0 Å². The number of thiophene rings is 1. The van der Waals surface area contributed by atoms with E-state index in [-0.39, 0.29) is 28.7 Å². The van der Waals surface area contributed by atoms with Crippen LogP contribution in [0, 0.1) is 6.92 Å². The number of hydrogen-bond donors (Lipinski definition) is 1. The molecule has 0 aliphatic heterocycles. The van der Waals surface area contributed by atoms with Gasteiger partial charge in [0, 0.05) is 10.4 Å². The Bertz CT molecular complexity index is 1070. The van der Waals surface area contributed by atoms with Crippen LogP contribution in [0.1, 0.15) is 50.0 Å². The molecule has 2 aromatic heterocycles. The normalized spacial score (nSPS) is 10.8. The molecule has 1 amide bonds. The van der Waals surface area contributed by atoms with Gasteiger partial charge < -0.3 is 14.5 Å². The number of Topliss-reactive ketones (excluding diaryl/α,β-unsaturated/α-hetero) is 1. The number of carbonyl (C=O) groups is 3. The Hall–Kier alpha value is -2.64. The quantitative estimate of drug-likeness (QED) is 0.472. The summed E-state index contributed by atoms with van der Waals surface area (Å²) in [6.45, 7) is 4.92. The second kappa shape index (κ2) is 7.54.